The van der Waals surface area contributed by atoms with Gasteiger partial charge in [0.15, 0.2) is 0 Å². The van der Waals surface area contributed by atoms with E-state index in [1.54, 1.807) is 24.3 Å². The number of fused-ring (bicyclic) bond motifs is 1. The van der Waals surface area contributed by atoms with Gasteiger partial charge < -0.3 is 0 Å². The van der Waals surface area contributed by atoms with Crippen molar-refractivity contribution in [2.75, 3.05) is 6.54 Å². The molecule has 1 aliphatic heterocycles. The van der Waals surface area contributed by atoms with Crippen LogP contribution in [-0.2, 0) is 0 Å². The lowest BCUT2D eigenvalue weighted by molar-refractivity contribution is 0.0642. The predicted octanol–water partition coefficient (Wildman–Crippen LogP) is 3.93. The van der Waals surface area contributed by atoms with E-state index in [4.69, 9.17) is 0 Å². The summed E-state index contributed by atoms with van der Waals surface area (Å²) < 4.78 is 0. The number of hydrogen-bond acceptors (Lipinski definition) is 3. The van der Waals surface area contributed by atoms with Crippen LogP contribution in [0, 0.1) is 17.2 Å². The Labute approximate surface area is 139 Å². The smallest absolute Gasteiger partial charge is 0.261 e. The van der Waals surface area contributed by atoms with E-state index >= 15 is 0 Å². The summed E-state index contributed by atoms with van der Waals surface area (Å²) in [6.07, 6.45) is 0. The van der Waals surface area contributed by atoms with E-state index in [1.165, 1.54) is 4.90 Å². The summed E-state index contributed by atoms with van der Waals surface area (Å²) in [4.78, 5) is 26.1. The summed E-state index contributed by atoms with van der Waals surface area (Å²) >= 11 is 0. The predicted molar refractivity (Wildman–Crippen MR) is 92.9 cm³/mol. The average molecular weight is 328 g/mol. The minimum Gasteiger partial charge on any atom is -0.273 e. The van der Waals surface area contributed by atoms with Crippen LogP contribution in [0.25, 0.3) is 0 Å². The quantitative estimate of drug-likeness (QED) is 0.621. The third-order valence-corrected chi connectivity index (χ3v) is 10.8. The summed E-state index contributed by atoms with van der Waals surface area (Å²) in [6.45, 7) is 11.3. The molecule has 122 valence electrons. The van der Waals surface area contributed by atoms with E-state index in [0.717, 1.165) is 6.04 Å². The SMILES string of the molecule is CC(C)(C)[Si](C)(C)CC(C#N)CN1C(=O)c2ccccc2C1=O. The van der Waals surface area contributed by atoms with Gasteiger partial charge in [-0.3, -0.25) is 14.5 Å². The van der Waals surface area contributed by atoms with Crippen LogP contribution in [0.1, 0.15) is 41.5 Å². The van der Waals surface area contributed by atoms with E-state index in [9.17, 15) is 14.9 Å². The van der Waals surface area contributed by atoms with Gasteiger partial charge in [-0.05, 0) is 23.2 Å². The molecule has 0 aliphatic carbocycles. The van der Waals surface area contributed by atoms with Crippen LogP contribution >= 0.6 is 0 Å². The third kappa shape index (κ3) is 3.23. The van der Waals surface area contributed by atoms with E-state index in [1.807, 2.05) is 0 Å². The topological polar surface area (TPSA) is 61.2 Å². The van der Waals surface area contributed by atoms with E-state index < -0.39 is 8.07 Å². The molecular weight excluding hydrogens is 304 g/mol. The normalized spacial score (nSPS) is 16.3. The molecule has 0 aromatic heterocycles. The monoisotopic (exact) mass is 328 g/mol. The number of nitrogens with zero attached hydrogens (tertiary/aromatic N) is 2. The second-order valence-electron chi connectivity index (χ2n) is 7.93. The Hall–Kier alpha value is -1.93. The molecular formula is C18H24N2O2Si. The summed E-state index contributed by atoms with van der Waals surface area (Å²) in [5, 5.41) is 9.70. The van der Waals surface area contributed by atoms with Crippen LogP contribution in [0.3, 0.4) is 0 Å². The Morgan fingerprint density at radius 1 is 1.13 bits per heavy atom. The molecule has 1 unspecified atom stereocenters. The molecule has 4 nitrogen and oxygen atoms in total. The highest BCUT2D eigenvalue weighted by Crippen LogP contribution is 2.40. The van der Waals surface area contributed by atoms with Crippen molar-refractivity contribution >= 4 is 19.9 Å². The van der Waals surface area contributed by atoms with Crippen molar-refractivity contribution in [1.82, 2.24) is 4.90 Å². The number of benzene rings is 1. The second kappa shape index (κ2) is 5.93. The Kier molecular flexibility index (Phi) is 4.49. The Bertz CT molecular complexity index is 648. The minimum atomic E-state index is -1.66. The van der Waals surface area contributed by atoms with E-state index in [-0.39, 0.29) is 29.3 Å². The molecule has 0 saturated carbocycles. The van der Waals surface area contributed by atoms with Gasteiger partial charge in [0.05, 0.1) is 31.2 Å². The fourth-order valence-electron chi connectivity index (χ4n) is 2.70. The van der Waals surface area contributed by atoms with Crippen LogP contribution in [-0.4, -0.2) is 31.3 Å². The largest absolute Gasteiger partial charge is 0.273 e. The number of amides is 2. The molecule has 5 heteroatoms. The van der Waals surface area contributed by atoms with Gasteiger partial charge in [0.25, 0.3) is 11.8 Å². The maximum Gasteiger partial charge on any atom is 0.261 e. The summed E-state index contributed by atoms with van der Waals surface area (Å²) in [5.41, 5.74) is 0.892. The lowest BCUT2D eigenvalue weighted by Crippen LogP contribution is -2.42. The lowest BCUT2D eigenvalue weighted by atomic mass is 10.1. The molecule has 23 heavy (non-hydrogen) atoms. The van der Waals surface area contributed by atoms with Gasteiger partial charge in [-0.15, -0.1) is 0 Å². The number of imide groups is 1. The van der Waals surface area contributed by atoms with Crippen LogP contribution in [0.4, 0.5) is 0 Å². The highest BCUT2D eigenvalue weighted by molar-refractivity contribution is 6.80. The molecule has 0 N–H and O–H groups in total. The first-order valence-corrected chi connectivity index (χ1v) is 11.1. The molecule has 0 saturated heterocycles. The lowest BCUT2D eigenvalue weighted by Gasteiger charge is -2.38. The van der Waals surface area contributed by atoms with Crippen LogP contribution in [0.2, 0.25) is 24.2 Å². The molecule has 1 aliphatic rings. The zero-order valence-corrected chi connectivity index (χ0v) is 15.5. The van der Waals surface area contributed by atoms with Gasteiger partial charge in [0.2, 0.25) is 0 Å². The summed E-state index contributed by atoms with van der Waals surface area (Å²) in [6, 6.07) is 9.94. The Balaban J connectivity index is 2.17. The van der Waals surface area contributed by atoms with Crippen molar-refractivity contribution in [3.63, 3.8) is 0 Å². The van der Waals surface area contributed by atoms with Crippen LogP contribution < -0.4 is 0 Å². The number of carbonyl (C=O) groups excluding carboxylic acids is 2. The first-order chi connectivity index (χ1) is 10.6. The van der Waals surface area contributed by atoms with Gasteiger partial charge in [-0.25, -0.2) is 0 Å². The highest BCUT2D eigenvalue weighted by atomic mass is 28.3. The molecule has 0 bridgehead atoms. The maximum absolute atomic E-state index is 12.4. The fourth-order valence-corrected chi connectivity index (χ4v) is 4.76. The molecule has 1 atom stereocenters. The average Bonchev–Trinajstić information content (AvgIpc) is 2.70. The standard InChI is InChI=1S/C18H24N2O2Si/c1-18(2,3)23(4,5)12-13(10-19)11-20-16(21)14-8-6-7-9-15(14)17(20)22/h6-9,13H,11-12H2,1-5H3. The first-order valence-electron chi connectivity index (χ1n) is 7.93. The van der Waals surface area contributed by atoms with Gasteiger partial charge >= 0.3 is 0 Å². The zero-order valence-electron chi connectivity index (χ0n) is 14.5. The van der Waals surface area contributed by atoms with Crippen molar-refractivity contribution in [1.29, 1.82) is 5.26 Å². The molecule has 2 rings (SSSR count). The second-order valence-corrected chi connectivity index (χ2v) is 13.6. The number of rotatable bonds is 4. The number of carbonyl (C=O) groups is 2. The number of nitriles is 1. The molecule has 0 spiro atoms. The molecule has 1 heterocycles. The highest BCUT2D eigenvalue weighted by Gasteiger charge is 2.40. The number of hydrogen-bond donors (Lipinski definition) is 0. The minimum absolute atomic E-state index is 0.171. The van der Waals surface area contributed by atoms with Gasteiger partial charge in [-0.1, -0.05) is 46.0 Å². The maximum atomic E-state index is 12.4. The Morgan fingerprint density at radius 2 is 1.61 bits per heavy atom. The van der Waals surface area contributed by atoms with Crippen molar-refractivity contribution < 1.29 is 9.59 Å². The Morgan fingerprint density at radius 3 is 2.00 bits per heavy atom. The van der Waals surface area contributed by atoms with Gasteiger partial charge in [0.1, 0.15) is 0 Å². The first kappa shape index (κ1) is 17.4. The van der Waals surface area contributed by atoms with Crippen LogP contribution in [0.5, 0.6) is 0 Å². The molecule has 2 amide bonds. The van der Waals surface area contributed by atoms with Crippen molar-refractivity contribution in [2.45, 2.75) is 44.9 Å². The van der Waals surface area contributed by atoms with Gasteiger partial charge in [-0.2, -0.15) is 5.26 Å². The molecule has 1 aromatic rings. The van der Waals surface area contributed by atoms with Crippen molar-refractivity contribution in [3.8, 4) is 6.07 Å². The van der Waals surface area contributed by atoms with E-state index in [2.05, 4.69) is 39.9 Å². The summed E-state index contributed by atoms with van der Waals surface area (Å²) in [7, 11) is -1.66. The van der Waals surface area contributed by atoms with Crippen molar-refractivity contribution in [2.24, 2.45) is 5.92 Å². The third-order valence-electron chi connectivity index (χ3n) is 5.25. The fraction of sp³-hybridized carbons (Fsp3) is 0.500. The van der Waals surface area contributed by atoms with Crippen LogP contribution in [0.15, 0.2) is 24.3 Å². The van der Waals surface area contributed by atoms with Crippen molar-refractivity contribution in [3.05, 3.63) is 35.4 Å². The van der Waals surface area contributed by atoms with Gasteiger partial charge in [0, 0.05) is 6.54 Å². The molecule has 0 fully saturated rings. The zero-order chi connectivity index (χ0) is 17.4. The van der Waals surface area contributed by atoms with E-state index in [0.29, 0.717) is 11.1 Å². The molecule has 0 radical (unpaired) electrons. The summed E-state index contributed by atoms with van der Waals surface area (Å²) in [5.74, 6) is -0.861. The molecule has 1 aromatic carbocycles.